The molecule has 1 N–H and O–H groups in total. The lowest BCUT2D eigenvalue weighted by Crippen LogP contribution is -1.92. The first-order valence-corrected chi connectivity index (χ1v) is 5.53. The molecule has 0 radical (unpaired) electrons. The van der Waals surface area contributed by atoms with E-state index < -0.39 is 0 Å². The Bertz CT molecular complexity index is 595. The van der Waals surface area contributed by atoms with Gasteiger partial charge in [0.15, 0.2) is 0 Å². The lowest BCUT2D eigenvalue weighted by molar-refractivity contribution is 0.394. The van der Waals surface area contributed by atoms with Crippen molar-refractivity contribution in [2.24, 2.45) is 5.10 Å². The molecule has 1 aromatic carbocycles. The highest BCUT2D eigenvalue weighted by Gasteiger charge is 2.00. The van der Waals surface area contributed by atoms with Gasteiger partial charge in [0, 0.05) is 11.6 Å². The van der Waals surface area contributed by atoms with Crippen LogP contribution in [0, 0.1) is 4.77 Å². The SMILES string of the molecule is COc1cc(/C=N\n2cn[nH]c2=S)cc(OC)c1. The van der Waals surface area contributed by atoms with Gasteiger partial charge in [-0.25, -0.2) is 0 Å². The van der Waals surface area contributed by atoms with Gasteiger partial charge in [0.25, 0.3) is 0 Å². The van der Waals surface area contributed by atoms with Crippen LogP contribution in [0.3, 0.4) is 0 Å². The number of nitrogens with zero attached hydrogens (tertiary/aromatic N) is 3. The van der Waals surface area contributed by atoms with Gasteiger partial charge in [0.1, 0.15) is 17.8 Å². The Balaban J connectivity index is 2.31. The van der Waals surface area contributed by atoms with Gasteiger partial charge in [-0.05, 0) is 24.4 Å². The zero-order valence-corrected chi connectivity index (χ0v) is 10.8. The van der Waals surface area contributed by atoms with Crippen molar-refractivity contribution in [1.82, 2.24) is 14.9 Å². The summed E-state index contributed by atoms with van der Waals surface area (Å²) in [5.41, 5.74) is 0.842. The minimum atomic E-state index is 0.432. The normalized spacial score (nSPS) is 10.8. The third-order valence-electron chi connectivity index (χ3n) is 2.24. The largest absolute Gasteiger partial charge is 0.497 e. The molecule has 0 aliphatic carbocycles. The van der Waals surface area contributed by atoms with Gasteiger partial charge in [-0.3, -0.25) is 5.10 Å². The molecule has 0 aliphatic heterocycles. The molecule has 0 amide bonds. The maximum Gasteiger partial charge on any atom is 0.216 e. The highest BCUT2D eigenvalue weighted by molar-refractivity contribution is 7.71. The molecule has 7 heteroatoms. The van der Waals surface area contributed by atoms with Crippen molar-refractivity contribution in [2.75, 3.05) is 14.2 Å². The standard InChI is InChI=1S/C11H12N4O2S/c1-16-9-3-8(4-10(5-9)17-2)6-13-15-7-12-14-11(15)18/h3-7H,1-2H3,(H,14,18)/b13-6-. The molecule has 0 spiro atoms. The monoisotopic (exact) mass is 264 g/mol. The maximum atomic E-state index is 5.17. The molecule has 0 saturated heterocycles. The average molecular weight is 264 g/mol. The summed E-state index contributed by atoms with van der Waals surface area (Å²) in [6.45, 7) is 0. The zero-order chi connectivity index (χ0) is 13.0. The highest BCUT2D eigenvalue weighted by Crippen LogP contribution is 2.21. The second kappa shape index (κ2) is 5.46. The van der Waals surface area contributed by atoms with Crippen molar-refractivity contribution in [2.45, 2.75) is 0 Å². The van der Waals surface area contributed by atoms with Gasteiger partial charge >= 0.3 is 0 Å². The summed E-state index contributed by atoms with van der Waals surface area (Å²) in [4.78, 5) is 0. The van der Waals surface area contributed by atoms with E-state index >= 15 is 0 Å². The number of ether oxygens (including phenoxy) is 2. The molecule has 0 fully saturated rings. The topological polar surface area (TPSA) is 64.4 Å². The molecule has 1 aromatic heterocycles. The molecule has 2 rings (SSSR count). The first-order chi connectivity index (χ1) is 8.72. The van der Waals surface area contributed by atoms with Crippen LogP contribution in [0.2, 0.25) is 0 Å². The number of aromatic nitrogens is 3. The summed E-state index contributed by atoms with van der Waals surface area (Å²) < 4.78 is 12.2. The number of aromatic amines is 1. The Hall–Kier alpha value is -2.15. The summed E-state index contributed by atoms with van der Waals surface area (Å²) in [7, 11) is 3.20. The summed E-state index contributed by atoms with van der Waals surface area (Å²) in [6.07, 6.45) is 3.15. The number of hydrogen-bond donors (Lipinski definition) is 1. The molecule has 1 heterocycles. The Morgan fingerprint density at radius 1 is 1.28 bits per heavy atom. The molecule has 0 atom stereocenters. The number of methoxy groups -OCH3 is 2. The smallest absolute Gasteiger partial charge is 0.216 e. The van der Waals surface area contributed by atoms with E-state index in [-0.39, 0.29) is 0 Å². The lowest BCUT2D eigenvalue weighted by Gasteiger charge is -2.05. The van der Waals surface area contributed by atoms with Crippen molar-refractivity contribution in [3.8, 4) is 11.5 Å². The van der Waals surface area contributed by atoms with Crippen molar-refractivity contribution >= 4 is 18.4 Å². The Morgan fingerprint density at radius 3 is 2.44 bits per heavy atom. The van der Waals surface area contributed by atoms with Crippen LogP contribution in [0.25, 0.3) is 0 Å². The lowest BCUT2D eigenvalue weighted by atomic mass is 10.2. The molecule has 0 bridgehead atoms. The Labute approximate surface area is 109 Å². The van der Waals surface area contributed by atoms with Crippen molar-refractivity contribution in [3.05, 3.63) is 34.9 Å². The fraction of sp³-hybridized carbons (Fsp3) is 0.182. The molecule has 0 saturated carbocycles. The molecule has 0 unspecified atom stereocenters. The minimum absolute atomic E-state index is 0.432. The minimum Gasteiger partial charge on any atom is -0.497 e. The van der Waals surface area contributed by atoms with Crippen LogP contribution < -0.4 is 9.47 Å². The fourth-order valence-electron chi connectivity index (χ4n) is 1.36. The van der Waals surface area contributed by atoms with E-state index in [1.807, 2.05) is 12.1 Å². The van der Waals surface area contributed by atoms with Crippen molar-refractivity contribution in [1.29, 1.82) is 0 Å². The van der Waals surface area contributed by atoms with Crippen molar-refractivity contribution in [3.63, 3.8) is 0 Å². The average Bonchev–Trinajstić information content (AvgIpc) is 2.81. The van der Waals surface area contributed by atoms with Gasteiger partial charge in [-0.1, -0.05) is 0 Å². The van der Waals surface area contributed by atoms with Crippen LogP contribution >= 0.6 is 12.2 Å². The molecule has 6 nitrogen and oxygen atoms in total. The van der Waals surface area contributed by atoms with Crippen LogP contribution in [0.15, 0.2) is 29.6 Å². The molecule has 18 heavy (non-hydrogen) atoms. The number of nitrogens with one attached hydrogen (secondary N) is 1. The third-order valence-corrected chi connectivity index (χ3v) is 2.52. The van der Waals surface area contributed by atoms with Crippen LogP contribution in [0.1, 0.15) is 5.56 Å². The van der Waals surface area contributed by atoms with E-state index in [0.717, 1.165) is 5.56 Å². The van der Waals surface area contributed by atoms with Gasteiger partial charge in [-0.15, -0.1) is 0 Å². The van der Waals surface area contributed by atoms with Crippen LogP contribution in [0.5, 0.6) is 11.5 Å². The van der Waals surface area contributed by atoms with E-state index in [9.17, 15) is 0 Å². The Kier molecular flexibility index (Phi) is 3.73. The van der Waals surface area contributed by atoms with Crippen molar-refractivity contribution < 1.29 is 9.47 Å². The van der Waals surface area contributed by atoms with E-state index in [4.69, 9.17) is 21.7 Å². The number of hydrogen-bond acceptors (Lipinski definition) is 5. The number of rotatable bonds is 4. The second-order valence-electron chi connectivity index (χ2n) is 3.40. The Morgan fingerprint density at radius 2 is 1.94 bits per heavy atom. The summed E-state index contributed by atoms with van der Waals surface area (Å²) in [5, 5.41) is 10.6. The summed E-state index contributed by atoms with van der Waals surface area (Å²) >= 11 is 4.98. The van der Waals surface area contributed by atoms with E-state index in [1.165, 1.54) is 11.0 Å². The van der Waals surface area contributed by atoms with Gasteiger partial charge in [-0.2, -0.15) is 14.9 Å². The van der Waals surface area contributed by atoms with Gasteiger partial charge in [0.05, 0.1) is 20.4 Å². The fourth-order valence-corrected chi connectivity index (χ4v) is 1.50. The summed E-state index contributed by atoms with van der Waals surface area (Å²) in [6, 6.07) is 5.48. The molecule has 2 aromatic rings. The van der Waals surface area contributed by atoms with E-state index in [0.29, 0.717) is 16.3 Å². The molecule has 94 valence electrons. The third kappa shape index (κ3) is 2.75. The molecule has 0 aliphatic rings. The highest BCUT2D eigenvalue weighted by atomic mass is 32.1. The molecular formula is C11H12N4O2S. The first kappa shape index (κ1) is 12.3. The van der Waals surface area contributed by atoms with Crippen LogP contribution in [0.4, 0.5) is 0 Å². The predicted molar refractivity (Wildman–Crippen MR) is 69.9 cm³/mol. The zero-order valence-electron chi connectivity index (χ0n) is 9.95. The second-order valence-corrected chi connectivity index (χ2v) is 3.78. The van der Waals surface area contributed by atoms with E-state index in [1.54, 1.807) is 26.5 Å². The number of benzene rings is 1. The van der Waals surface area contributed by atoms with Gasteiger partial charge in [0.2, 0.25) is 4.77 Å². The number of H-pyrrole nitrogens is 1. The predicted octanol–water partition coefficient (Wildman–Crippen LogP) is 1.84. The summed E-state index contributed by atoms with van der Waals surface area (Å²) in [5.74, 6) is 1.40. The van der Waals surface area contributed by atoms with E-state index in [2.05, 4.69) is 15.3 Å². The first-order valence-electron chi connectivity index (χ1n) is 5.12. The maximum absolute atomic E-state index is 5.17. The molecular weight excluding hydrogens is 252 g/mol. The van der Waals surface area contributed by atoms with Gasteiger partial charge < -0.3 is 9.47 Å². The van der Waals surface area contributed by atoms with Crippen LogP contribution in [-0.4, -0.2) is 35.3 Å². The van der Waals surface area contributed by atoms with Crippen LogP contribution in [-0.2, 0) is 0 Å². The quantitative estimate of drug-likeness (QED) is 0.676.